The Morgan fingerprint density at radius 3 is 2.85 bits per heavy atom. The zero-order chi connectivity index (χ0) is 14.4. The minimum Gasteiger partial charge on any atom is -0.376 e. The summed E-state index contributed by atoms with van der Waals surface area (Å²) in [6.45, 7) is 2.96. The second kappa shape index (κ2) is 7.84. The van der Waals surface area contributed by atoms with Gasteiger partial charge in [-0.2, -0.15) is 0 Å². The standard InChI is InChI=1S/C14H18Cl2N2O2/c15-10-1-2-13(16)12(9-10)14(19)18-7-8-20-11-3-5-17-6-4-11/h1-2,9,11,17H,3-8H2,(H,18,19). The predicted molar refractivity (Wildman–Crippen MR) is 80.6 cm³/mol. The van der Waals surface area contributed by atoms with E-state index >= 15 is 0 Å². The van der Waals surface area contributed by atoms with Crippen LogP contribution in [-0.4, -0.2) is 38.3 Å². The Kier molecular flexibility index (Phi) is 6.10. The molecule has 0 radical (unpaired) electrons. The molecule has 1 aromatic carbocycles. The van der Waals surface area contributed by atoms with Gasteiger partial charge in [0.2, 0.25) is 0 Å². The van der Waals surface area contributed by atoms with Crippen LogP contribution in [0.4, 0.5) is 0 Å². The Morgan fingerprint density at radius 1 is 1.35 bits per heavy atom. The van der Waals surface area contributed by atoms with Gasteiger partial charge in [0.05, 0.1) is 23.3 Å². The van der Waals surface area contributed by atoms with Crippen LogP contribution in [0.1, 0.15) is 23.2 Å². The molecule has 1 heterocycles. The molecule has 0 spiro atoms. The van der Waals surface area contributed by atoms with Gasteiger partial charge in [-0.3, -0.25) is 4.79 Å². The lowest BCUT2D eigenvalue weighted by atomic mass is 10.1. The normalized spacial score (nSPS) is 16.1. The number of carbonyl (C=O) groups is 1. The molecule has 1 aromatic rings. The molecule has 0 saturated carbocycles. The van der Waals surface area contributed by atoms with Crippen LogP contribution >= 0.6 is 23.2 Å². The van der Waals surface area contributed by atoms with E-state index in [-0.39, 0.29) is 5.91 Å². The van der Waals surface area contributed by atoms with Crippen LogP contribution in [0.3, 0.4) is 0 Å². The van der Waals surface area contributed by atoms with Crippen molar-refractivity contribution in [3.05, 3.63) is 33.8 Å². The van der Waals surface area contributed by atoms with E-state index in [1.165, 1.54) is 0 Å². The molecular weight excluding hydrogens is 299 g/mol. The number of ether oxygens (including phenoxy) is 1. The van der Waals surface area contributed by atoms with Gasteiger partial charge in [0.1, 0.15) is 0 Å². The summed E-state index contributed by atoms with van der Waals surface area (Å²) in [6, 6.07) is 4.83. The predicted octanol–water partition coefficient (Wildman–Crippen LogP) is 2.49. The zero-order valence-corrected chi connectivity index (χ0v) is 12.6. The first-order valence-corrected chi connectivity index (χ1v) is 7.48. The molecule has 0 atom stereocenters. The Hall–Kier alpha value is -0.810. The Bertz CT molecular complexity index is 462. The van der Waals surface area contributed by atoms with Gasteiger partial charge in [-0.25, -0.2) is 0 Å². The molecule has 2 N–H and O–H groups in total. The lowest BCUT2D eigenvalue weighted by molar-refractivity contribution is 0.0343. The van der Waals surface area contributed by atoms with Crippen molar-refractivity contribution in [3.8, 4) is 0 Å². The van der Waals surface area contributed by atoms with Crippen molar-refractivity contribution in [3.63, 3.8) is 0 Å². The van der Waals surface area contributed by atoms with Crippen molar-refractivity contribution >= 4 is 29.1 Å². The lowest BCUT2D eigenvalue weighted by Gasteiger charge is -2.22. The Balaban J connectivity index is 1.73. The largest absolute Gasteiger partial charge is 0.376 e. The first kappa shape index (κ1) is 15.6. The van der Waals surface area contributed by atoms with Crippen LogP contribution in [0.5, 0.6) is 0 Å². The number of halogens is 2. The van der Waals surface area contributed by atoms with E-state index in [1.54, 1.807) is 18.2 Å². The molecule has 4 nitrogen and oxygen atoms in total. The zero-order valence-electron chi connectivity index (χ0n) is 11.1. The van der Waals surface area contributed by atoms with Crippen molar-refractivity contribution in [2.24, 2.45) is 0 Å². The number of benzene rings is 1. The number of rotatable bonds is 5. The molecule has 2 rings (SSSR count). The fourth-order valence-corrected chi connectivity index (χ4v) is 2.49. The number of piperidine rings is 1. The van der Waals surface area contributed by atoms with Crippen LogP contribution in [0.25, 0.3) is 0 Å². The third-order valence-electron chi connectivity index (χ3n) is 3.20. The summed E-state index contributed by atoms with van der Waals surface area (Å²) < 4.78 is 5.71. The van der Waals surface area contributed by atoms with E-state index in [4.69, 9.17) is 27.9 Å². The monoisotopic (exact) mass is 316 g/mol. The SMILES string of the molecule is O=C(NCCOC1CCNCC1)c1cc(Cl)ccc1Cl. The van der Waals surface area contributed by atoms with Gasteiger partial charge in [0.25, 0.3) is 5.91 Å². The molecular formula is C14H18Cl2N2O2. The molecule has 0 aliphatic carbocycles. The van der Waals surface area contributed by atoms with Gasteiger partial charge in [-0.05, 0) is 44.1 Å². The highest BCUT2D eigenvalue weighted by atomic mass is 35.5. The third-order valence-corrected chi connectivity index (χ3v) is 3.77. The average molecular weight is 317 g/mol. The molecule has 1 aliphatic heterocycles. The Morgan fingerprint density at radius 2 is 2.10 bits per heavy atom. The molecule has 6 heteroatoms. The molecule has 0 unspecified atom stereocenters. The summed E-state index contributed by atoms with van der Waals surface area (Å²) in [7, 11) is 0. The van der Waals surface area contributed by atoms with Crippen molar-refractivity contribution in [2.45, 2.75) is 18.9 Å². The quantitative estimate of drug-likeness (QED) is 0.821. The number of hydrogen-bond acceptors (Lipinski definition) is 3. The summed E-state index contributed by atoms with van der Waals surface area (Å²) in [6.07, 6.45) is 2.34. The molecule has 0 aromatic heterocycles. The number of amides is 1. The highest BCUT2D eigenvalue weighted by molar-refractivity contribution is 6.35. The summed E-state index contributed by atoms with van der Waals surface area (Å²) in [4.78, 5) is 11.9. The fourth-order valence-electron chi connectivity index (χ4n) is 2.12. The molecule has 110 valence electrons. The summed E-state index contributed by atoms with van der Waals surface area (Å²) in [5.74, 6) is -0.230. The highest BCUT2D eigenvalue weighted by Crippen LogP contribution is 2.20. The number of carbonyl (C=O) groups excluding carboxylic acids is 1. The van der Waals surface area contributed by atoms with Crippen molar-refractivity contribution in [2.75, 3.05) is 26.2 Å². The smallest absolute Gasteiger partial charge is 0.252 e. The van der Waals surface area contributed by atoms with Gasteiger partial charge in [-0.15, -0.1) is 0 Å². The van der Waals surface area contributed by atoms with E-state index < -0.39 is 0 Å². The van der Waals surface area contributed by atoms with Gasteiger partial charge in [0, 0.05) is 11.6 Å². The number of hydrogen-bond donors (Lipinski definition) is 2. The van der Waals surface area contributed by atoms with Crippen LogP contribution < -0.4 is 10.6 Å². The molecule has 1 fully saturated rings. The highest BCUT2D eigenvalue weighted by Gasteiger charge is 2.14. The van der Waals surface area contributed by atoms with Crippen LogP contribution in [-0.2, 0) is 4.74 Å². The van der Waals surface area contributed by atoms with Gasteiger partial charge in [-0.1, -0.05) is 23.2 Å². The first-order chi connectivity index (χ1) is 9.66. The molecule has 1 amide bonds. The average Bonchev–Trinajstić information content (AvgIpc) is 2.47. The molecule has 20 heavy (non-hydrogen) atoms. The van der Waals surface area contributed by atoms with Crippen LogP contribution in [0.15, 0.2) is 18.2 Å². The summed E-state index contributed by atoms with van der Waals surface area (Å²) in [5, 5.41) is 6.95. The van der Waals surface area contributed by atoms with Gasteiger partial charge in [0.15, 0.2) is 0 Å². The van der Waals surface area contributed by atoms with Crippen LogP contribution in [0.2, 0.25) is 10.0 Å². The minimum atomic E-state index is -0.230. The second-order valence-electron chi connectivity index (χ2n) is 4.70. The second-order valence-corrected chi connectivity index (χ2v) is 5.54. The third kappa shape index (κ3) is 4.63. The number of nitrogens with one attached hydrogen (secondary N) is 2. The maximum absolute atomic E-state index is 11.9. The molecule has 0 bridgehead atoms. The lowest BCUT2D eigenvalue weighted by Crippen LogP contribution is -2.34. The maximum atomic E-state index is 11.9. The fraction of sp³-hybridized carbons (Fsp3) is 0.500. The summed E-state index contributed by atoms with van der Waals surface area (Å²) >= 11 is 11.8. The van der Waals surface area contributed by atoms with E-state index in [1.807, 2.05) is 0 Å². The van der Waals surface area contributed by atoms with E-state index in [9.17, 15) is 4.79 Å². The summed E-state index contributed by atoms with van der Waals surface area (Å²) in [5.41, 5.74) is 0.390. The Labute approximate surface area is 128 Å². The maximum Gasteiger partial charge on any atom is 0.252 e. The van der Waals surface area contributed by atoms with E-state index in [2.05, 4.69) is 10.6 Å². The topological polar surface area (TPSA) is 50.4 Å². The van der Waals surface area contributed by atoms with Crippen LogP contribution in [0, 0.1) is 0 Å². The van der Waals surface area contributed by atoms with E-state index in [0.29, 0.717) is 34.9 Å². The minimum absolute atomic E-state index is 0.230. The van der Waals surface area contributed by atoms with Crippen molar-refractivity contribution in [1.29, 1.82) is 0 Å². The molecule has 1 saturated heterocycles. The van der Waals surface area contributed by atoms with Crippen molar-refractivity contribution in [1.82, 2.24) is 10.6 Å². The first-order valence-electron chi connectivity index (χ1n) is 6.72. The molecule has 1 aliphatic rings. The van der Waals surface area contributed by atoms with E-state index in [0.717, 1.165) is 25.9 Å². The van der Waals surface area contributed by atoms with Gasteiger partial charge < -0.3 is 15.4 Å². The van der Waals surface area contributed by atoms with Crippen molar-refractivity contribution < 1.29 is 9.53 Å². The van der Waals surface area contributed by atoms with Gasteiger partial charge >= 0.3 is 0 Å².